The lowest BCUT2D eigenvalue weighted by Crippen LogP contribution is -2.09. The van der Waals surface area contributed by atoms with Crippen LogP contribution in [0.4, 0.5) is 0 Å². The van der Waals surface area contributed by atoms with Gasteiger partial charge in [0.25, 0.3) is 0 Å². The predicted octanol–water partition coefficient (Wildman–Crippen LogP) is 4.63. The van der Waals surface area contributed by atoms with E-state index >= 15 is 0 Å². The minimum Gasteiger partial charge on any atom is -0.466 e. The monoisotopic (exact) mass is 284 g/mol. The van der Waals surface area contributed by atoms with Gasteiger partial charge in [-0.2, -0.15) is 0 Å². The highest BCUT2D eigenvalue weighted by molar-refractivity contribution is 5.69. The number of carbonyl (C=O) groups is 1. The van der Waals surface area contributed by atoms with Crippen molar-refractivity contribution in [1.29, 1.82) is 0 Å². The number of unbranched alkanes of at least 4 members (excludes halogenated alkanes) is 6. The third kappa shape index (κ3) is 9.35. The Kier molecular flexibility index (Phi) is 10.7. The van der Waals surface area contributed by atoms with Gasteiger partial charge >= 0.3 is 5.97 Å². The molecule has 0 bridgehead atoms. The smallest absolute Gasteiger partial charge is 0.305 e. The minimum atomic E-state index is -0.0223. The normalized spacial score (nSPS) is 18.4. The summed E-state index contributed by atoms with van der Waals surface area (Å²) in [5.74, 6) is -0.0223. The summed E-state index contributed by atoms with van der Waals surface area (Å²) < 4.78 is 10.8. The second-order valence-electron chi connectivity index (χ2n) is 5.87. The lowest BCUT2D eigenvalue weighted by atomic mass is 10.1. The Hall–Kier alpha value is -0.570. The molecule has 3 heteroatoms. The fourth-order valence-corrected chi connectivity index (χ4v) is 2.67. The zero-order valence-electron chi connectivity index (χ0n) is 13.2. The van der Waals surface area contributed by atoms with Gasteiger partial charge in [-0.1, -0.05) is 45.4 Å². The number of hydrogen-bond acceptors (Lipinski definition) is 3. The third-order valence-electron chi connectivity index (χ3n) is 3.94. The molecule has 1 fully saturated rings. The van der Waals surface area contributed by atoms with Crippen molar-refractivity contribution in [2.45, 2.75) is 90.1 Å². The summed E-state index contributed by atoms with van der Waals surface area (Å²) in [6.45, 7) is 3.70. The topological polar surface area (TPSA) is 35.5 Å². The Labute approximate surface area is 124 Å². The molecule has 20 heavy (non-hydrogen) atoms. The highest BCUT2D eigenvalue weighted by Crippen LogP contribution is 2.16. The second-order valence-corrected chi connectivity index (χ2v) is 5.87. The summed E-state index contributed by atoms with van der Waals surface area (Å²) in [6, 6.07) is 0. The molecule has 0 radical (unpaired) electrons. The molecule has 0 N–H and O–H groups in total. The predicted molar refractivity (Wildman–Crippen MR) is 81.8 cm³/mol. The molecule has 1 rings (SSSR count). The molecule has 0 saturated carbocycles. The van der Waals surface area contributed by atoms with E-state index in [-0.39, 0.29) is 5.97 Å². The Bertz CT molecular complexity index is 234. The maximum absolute atomic E-state index is 11.5. The molecule has 1 atom stereocenters. The van der Waals surface area contributed by atoms with Crippen LogP contribution in [-0.4, -0.2) is 25.3 Å². The van der Waals surface area contributed by atoms with Crippen LogP contribution in [0.15, 0.2) is 0 Å². The molecule has 0 aliphatic carbocycles. The molecule has 3 nitrogen and oxygen atoms in total. The molecule has 1 saturated heterocycles. The van der Waals surface area contributed by atoms with Crippen LogP contribution in [0.1, 0.15) is 84.0 Å². The van der Waals surface area contributed by atoms with E-state index in [2.05, 4.69) is 6.92 Å². The van der Waals surface area contributed by atoms with Crippen LogP contribution < -0.4 is 0 Å². The molecule has 0 spiro atoms. The zero-order chi connectivity index (χ0) is 14.5. The standard InChI is InChI=1S/C17H32O3/c1-2-3-4-5-6-7-8-13-17(18)20-15-10-12-16-11-9-14-19-16/h16H,2-15H2,1H3/t16-/m1/s1. The molecular weight excluding hydrogens is 252 g/mol. The molecule has 1 aliphatic rings. The lowest BCUT2D eigenvalue weighted by Gasteiger charge is -2.09. The van der Waals surface area contributed by atoms with Gasteiger partial charge in [-0.15, -0.1) is 0 Å². The molecule has 0 aromatic heterocycles. The van der Waals surface area contributed by atoms with Crippen LogP contribution in [0.25, 0.3) is 0 Å². The van der Waals surface area contributed by atoms with Crippen molar-refractivity contribution in [1.82, 2.24) is 0 Å². The highest BCUT2D eigenvalue weighted by atomic mass is 16.5. The molecule has 0 aromatic rings. The number of rotatable bonds is 12. The van der Waals surface area contributed by atoms with Crippen molar-refractivity contribution >= 4 is 5.97 Å². The van der Waals surface area contributed by atoms with Gasteiger partial charge in [0, 0.05) is 13.0 Å². The van der Waals surface area contributed by atoms with Crippen molar-refractivity contribution in [2.75, 3.05) is 13.2 Å². The molecule has 118 valence electrons. The summed E-state index contributed by atoms with van der Waals surface area (Å²) in [6.07, 6.45) is 14.0. The molecule has 0 amide bonds. The molecule has 0 aromatic carbocycles. The molecular formula is C17H32O3. The van der Waals surface area contributed by atoms with Crippen LogP contribution in [0.3, 0.4) is 0 Å². The molecule has 1 heterocycles. The summed E-state index contributed by atoms with van der Waals surface area (Å²) in [5, 5.41) is 0. The zero-order valence-corrected chi connectivity index (χ0v) is 13.2. The maximum Gasteiger partial charge on any atom is 0.305 e. The largest absolute Gasteiger partial charge is 0.466 e. The van der Waals surface area contributed by atoms with Gasteiger partial charge < -0.3 is 9.47 Å². The lowest BCUT2D eigenvalue weighted by molar-refractivity contribution is -0.144. The minimum absolute atomic E-state index is 0.0223. The van der Waals surface area contributed by atoms with Crippen molar-refractivity contribution in [3.63, 3.8) is 0 Å². The van der Waals surface area contributed by atoms with Crippen LogP contribution in [0, 0.1) is 0 Å². The fraction of sp³-hybridized carbons (Fsp3) is 0.941. The van der Waals surface area contributed by atoms with Gasteiger partial charge in [0.2, 0.25) is 0 Å². The van der Waals surface area contributed by atoms with Crippen molar-refractivity contribution < 1.29 is 14.3 Å². The first-order valence-corrected chi connectivity index (χ1v) is 8.60. The van der Waals surface area contributed by atoms with E-state index in [0.717, 1.165) is 32.3 Å². The number of esters is 1. The van der Waals surface area contributed by atoms with E-state index in [1.165, 1.54) is 44.9 Å². The number of carbonyl (C=O) groups excluding carboxylic acids is 1. The van der Waals surface area contributed by atoms with Gasteiger partial charge in [-0.25, -0.2) is 0 Å². The average molecular weight is 284 g/mol. The first kappa shape index (κ1) is 17.5. The van der Waals surface area contributed by atoms with Gasteiger partial charge in [0.1, 0.15) is 0 Å². The summed E-state index contributed by atoms with van der Waals surface area (Å²) >= 11 is 0. The van der Waals surface area contributed by atoms with Crippen molar-refractivity contribution in [2.24, 2.45) is 0 Å². The highest BCUT2D eigenvalue weighted by Gasteiger charge is 2.14. The van der Waals surface area contributed by atoms with Crippen LogP contribution >= 0.6 is 0 Å². The third-order valence-corrected chi connectivity index (χ3v) is 3.94. The maximum atomic E-state index is 11.5. The van der Waals surface area contributed by atoms with Crippen molar-refractivity contribution in [3.05, 3.63) is 0 Å². The van der Waals surface area contributed by atoms with E-state index in [9.17, 15) is 4.79 Å². The first-order valence-electron chi connectivity index (χ1n) is 8.60. The van der Waals surface area contributed by atoms with E-state index in [4.69, 9.17) is 9.47 Å². The Morgan fingerprint density at radius 3 is 2.55 bits per heavy atom. The van der Waals surface area contributed by atoms with Gasteiger partial charge in [-0.05, 0) is 32.1 Å². The van der Waals surface area contributed by atoms with Crippen LogP contribution in [0.5, 0.6) is 0 Å². The number of hydrogen-bond donors (Lipinski definition) is 0. The second kappa shape index (κ2) is 12.2. The van der Waals surface area contributed by atoms with E-state index in [1.54, 1.807) is 0 Å². The summed E-state index contributed by atoms with van der Waals surface area (Å²) in [7, 11) is 0. The number of ether oxygens (including phenoxy) is 2. The quantitative estimate of drug-likeness (QED) is 0.387. The van der Waals surface area contributed by atoms with E-state index in [0.29, 0.717) is 19.1 Å². The summed E-state index contributed by atoms with van der Waals surface area (Å²) in [5.41, 5.74) is 0. The van der Waals surface area contributed by atoms with Crippen molar-refractivity contribution in [3.8, 4) is 0 Å². The molecule has 1 aliphatic heterocycles. The Morgan fingerprint density at radius 2 is 1.85 bits per heavy atom. The van der Waals surface area contributed by atoms with Gasteiger partial charge in [0.05, 0.1) is 12.7 Å². The van der Waals surface area contributed by atoms with E-state index in [1.807, 2.05) is 0 Å². The first-order chi connectivity index (χ1) is 9.83. The fourth-order valence-electron chi connectivity index (χ4n) is 2.67. The Balaban J connectivity index is 1.80. The van der Waals surface area contributed by atoms with E-state index < -0.39 is 0 Å². The average Bonchev–Trinajstić information content (AvgIpc) is 2.96. The van der Waals surface area contributed by atoms with Gasteiger partial charge in [0.15, 0.2) is 0 Å². The SMILES string of the molecule is CCCCCCCCCC(=O)OCCC[C@H]1CCCO1. The van der Waals surface area contributed by atoms with Crippen LogP contribution in [-0.2, 0) is 14.3 Å². The van der Waals surface area contributed by atoms with Crippen LogP contribution in [0.2, 0.25) is 0 Å². The molecule has 0 unspecified atom stereocenters. The summed E-state index contributed by atoms with van der Waals surface area (Å²) in [4.78, 5) is 11.5. The van der Waals surface area contributed by atoms with Gasteiger partial charge in [-0.3, -0.25) is 4.79 Å². The Morgan fingerprint density at radius 1 is 1.10 bits per heavy atom.